The number of aryl methyl sites for hydroxylation is 3. The quantitative estimate of drug-likeness (QED) is 0.668. The number of anilines is 1. The Morgan fingerprint density at radius 1 is 1.24 bits per heavy atom. The number of carbonyl (C=O) groups excluding carboxylic acids is 1. The fourth-order valence-electron chi connectivity index (χ4n) is 3.38. The molecule has 0 spiro atoms. The van der Waals surface area contributed by atoms with Gasteiger partial charge in [0, 0.05) is 25.5 Å². The van der Waals surface area contributed by atoms with Crippen LogP contribution >= 0.6 is 0 Å². The second-order valence-corrected chi connectivity index (χ2v) is 7.92. The lowest BCUT2D eigenvalue weighted by atomic mass is 10.1. The Bertz CT molecular complexity index is 1110. The number of hydrogen-bond acceptors (Lipinski definition) is 4. The van der Waals surface area contributed by atoms with Gasteiger partial charge in [0.05, 0.1) is 11.0 Å². The molecule has 2 aromatic heterocycles. The minimum absolute atomic E-state index is 0.155. The standard InChI is InChI=1S/C22H28N4O3/c1-13(2)8-10-26-11-9-14(3)19(22(26)29)21(28)23-16-6-7-18-17(12-16)24-20(15(4)27)25(18)5/h6-7,9,11-13,15,27H,8,10H2,1-5H3,(H,23,28). The zero-order chi connectivity index (χ0) is 21.3. The van der Waals surface area contributed by atoms with Gasteiger partial charge in [-0.15, -0.1) is 0 Å². The molecular weight excluding hydrogens is 368 g/mol. The third-order valence-corrected chi connectivity index (χ3v) is 5.09. The van der Waals surface area contributed by atoms with Crippen molar-refractivity contribution in [2.75, 3.05) is 5.32 Å². The molecule has 0 saturated heterocycles. The topological polar surface area (TPSA) is 89.2 Å². The van der Waals surface area contributed by atoms with Crippen LogP contribution < -0.4 is 10.9 Å². The number of amides is 1. The number of nitrogens with zero attached hydrogens (tertiary/aromatic N) is 3. The van der Waals surface area contributed by atoms with E-state index in [-0.39, 0.29) is 11.1 Å². The maximum absolute atomic E-state index is 12.9. The molecular formula is C22H28N4O3. The maximum atomic E-state index is 12.9. The minimum Gasteiger partial charge on any atom is -0.385 e. The van der Waals surface area contributed by atoms with Crippen LogP contribution in [0.4, 0.5) is 5.69 Å². The van der Waals surface area contributed by atoms with Gasteiger partial charge in [-0.2, -0.15) is 0 Å². The van der Waals surface area contributed by atoms with Gasteiger partial charge >= 0.3 is 0 Å². The Kier molecular flexibility index (Phi) is 5.88. The number of rotatable bonds is 6. The van der Waals surface area contributed by atoms with Gasteiger partial charge in [-0.05, 0) is 56.0 Å². The van der Waals surface area contributed by atoms with Gasteiger partial charge in [0.25, 0.3) is 11.5 Å². The summed E-state index contributed by atoms with van der Waals surface area (Å²) in [4.78, 5) is 30.1. The molecule has 7 nitrogen and oxygen atoms in total. The monoisotopic (exact) mass is 396 g/mol. The third-order valence-electron chi connectivity index (χ3n) is 5.09. The molecule has 7 heteroatoms. The van der Waals surface area contributed by atoms with Gasteiger partial charge in [-0.25, -0.2) is 4.98 Å². The average Bonchev–Trinajstić information content (AvgIpc) is 2.97. The predicted molar refractivity (Wildman–Crippen MR) is 114 cm³/mol. The van der Waals surface area contributed by atoms with Crippen molar-refractivity contribution in [1.29, 1.82) is 0 Å². The number of aliphatic hydroxyl groups is 1. The van der Waals surface area contributed by atoms with Gasteiger partial charge in [0.1, 0.15) is 17.5 Å². The van der Waals surface area contributed by atoms with E-state index >= 15 is 0 Å². The number of hydrogen-bond donors (Lipinski definition) is 2. The zero-order valence-electron chi connectivity index (χ0n) is 17.6. The molecule has 0 aliphatic carbocycles. The molecule has 2 heterocycles. The molecule has 0 saturated carbocycles. The summed E-state index contributed by atoms with van der Waals surface area (Å²) in [6.45, 7) is 8.21. The summed E-state index contributed by atoms with van der Waals surface area (Å²) in [6, 6.07) is 7.15. The van der Waals surface area contributed by atoms with Gasteiger partial charge in [0.15, 0.2) is 0 Å². The summed E-state index contributed by atoms with van der Waals surface area (Å²) in [5.74, 6) is 0.588. The van der Waals surface area contributed by atoms with E-state index in [0.717, 1.165) is 11.9 Å². The molecule has 0 aliphatic rings. The van der Waals surface area contributed by atoms with Crippen molar-refractivity contribution < 1.29 is 9.90 Å². The third kappa shape index (κ3) is 4.24. The molecule has 0 fully saturated rings. The molecule has 3 aromatic rings. The first kappa shape index (κ1) is 20.8. The minimum atomic E-state index is -0.693. The molecule has 0 bridgehead atoms. The lowest BCUT2D eigenvalue weighted by molar-refractivity contribution is 0.102. The Hall–Kier alpha value is -2.93. The smallest absolute Gasteiger partial charge is 0.263 e. The number of carbonyl (C=O) groups is 1. The van der Waals surface area contributed by atoms with Crippen LogP contribution in [0.2, 0.25) is 0 Å². The Morgan fingerprint density at radius 2 is 1.97 bits per heavy atom. The molecule has 1 atom stereocenters. The normalized spacial score (nSPS) is 12.5. The molecule has 0 radical (unpaired) electrons. The largest absolute Gasteiger partial charge is 0.385 e. The van der Waals surface area contributed by atoms with E-state index in [0.29, 0.717) is 35.1 Å². The number of aromatic nitrogens is 3. The average molecular weight is 396 g/mol. The highest BCUT2D eigenvalue weighted by atomic mass is 16.3. The van der Waals surface area contributed by atoms with Crippen LogP contribution in [0, 0.1) is 12.8 Å². The summed E-state index contributed by atoms with van der Waals surface area (Å²) in [5.41, 5.74) is 2.59. The first-order valence-corrected chi connectivity index (χ1v) is 9.85. The Morgan fingerprint density at radius 3 is 2.62 bits per heavy atom. The number of imidazole rings is 1. The molecule has 3 rings (SSSR count). The second kappa shape index (κ2) is 8.21. The molecule has 2 N–H and O–H groups in total. The molecule has 0 aliphatic heterocycles. The van der Waals surface area contributed by atoms with Crippen molar-refractivity contribution >= 4 is 22.6 Å². The van der Waals surface area contributed by atoms with Crippen molar-refractivity contribution in [3.8, 4) is 0 Å². The molecule has 1 aromatic carbocycles. The zero-order valence-corrected chi connectivity index (χ0v) is 17.6. The van der Waals surface area contributed by atoms with Crippen LogP contribution in [-0.4, -0.2) is 25.1 Å². The lowest BCUT2D eigenvalue weighted by Crippen LogP contribution is -2.30. The van der Waals surface area contributed by atoms with Crippen molar-refractivity contribution in [2.45, 2.75) is 46.8 Å². The molecule has 29 heavy (non-hydrogen) atoms. The van der Waals surface area contributed by atoms with Gasteiger partial charge in [-0.3, -0.25) is 9.59 Å². The van der Waals surface area contributed by atoms with Crippen LogP contribution in [0.5, 0.6) is 0 Å². The van der Waals surface area contributed by atoms with Crippen LogP contribution in [0.15, 0.2) is 35.3 Å². The van der Waals surface area contributed by atoms with Crippen LogP contribution in [0.1, 0.15) is 55.0 Å². The number of nitrogens with one attached hydrogen (secondary N) is 1. The number of benzene rings is 1. The predicted octanol–water partition coefficient (Wildman–Crippen LogP) is 3.40. The fraction of sp³-hybridized carbons (Fsp3) is 0.409. The molecule has 1 unspecified atom stereocenters. The van der Waals surface area contributed by atoms with Crippen molar-refractivity contribution in [3.05, 3.63) is 57.8 Å². The summed E-state index contributed by atoms with van der Waals surface area (Å²) in [5, 5.41) is 12.7. The summed E-state index contributed by atoms with van der Waals surface area (Å²) < 4.78 is 3.42. The van der Waals surface area contributed by atoms with E-state index < -0.39 is 12.0 Å². The summed E-state index contributed by atoms with van der Waals surface area (Å²) in [7, 11) is 1.84. The van der Waals surface area contributed by atoms with E-state index in [1.165, 1.54) is 0 Å². The van der Waals surface area contributed by atoms with Crippen LogP contribution in [0.25, 0.3) is 11.0 Å². The highest BCUT2D eigenvalue weighted by molar-refractivity contribution is 6.05. The van der Waals surface area contributed by atoms with Crippen LogP contribution in [-0.2, 0) is 13.6 Å². The van der Waals surface area contributed by atoms with Crippen molar-refractivity contribution in [2.24, 2.45) is 13.0 Å². The van der Waals surface area contributed by atoms with E-state index in [2.05, 4.69) is 24.1 Å². The first-order valence-electron chi connectivity index (χ1n) is 9.85. The van der Waals surface area contributed by atoms with Gasteiger partial charge in [-0.1, -0.05) is 13.8 Å². The second-order valence-electron chi connectivity index (χ2n) is 7.92. The first-order chi connectivity index (χ1) is 13.7. The van der Waals surface area contributed by atoms with Gasteiger partial charge in [0.2, 0.25) is 0 Å². The molecule has 154 valence electrons. The number of fused-ring (bicyclic) bond motifs is 1. The Labute approximate surface area is 170 Å². The fourth-order valence-corrected chi connectivity index (χ4v) is 3.38. The summed E-state index contributed by atoms with van der Waals surface area (Å²) >= 11 is 0. The highest BCUT2D eigenvalue weighted by Gasteiger charge is 2.17. The van der Waals surface area contributed by atoms with Crippen LogP contribution in [0.3, 0.4) is 0 Å². The van der Waals surface area contributed by atoms with E-state index in [9.17, 15) is 14.7 Å². The van der Waals surface area contributed by atoms with E-state index in [4.69, 9.17) is 0 Å². The number of aliphatic hydroxyl groups excluding tert-OH is 1. The number of pyridine rings is 1. The SMILES string of the molecule is Cc1ccn(CCC(C)C)c(=O)c1C(=O)Nc1ccc2c(c1)nc(C(C)O)n2C. The van der Waals surface area contributed by atoms with Crippen molar-refractivity contribution in [3.63, 3.8) is 0 Å². The Balaban J connectivity index is 1.90. The van der Waals surface area contributed by atoms with Crippen molar-refractivity contribution in [1.82, 2.24) is 14.1 Å². The lowest BCUT2D eigenvalue weighted by Gasteiger charge is -2.12. The van der Waals surface area contributed by atoms with E-state index in [1.807, 2.05) is 17.7 Å². The maximum Gasteiger partial charge on any atom is 0.263 e. The summed E-state index contributed by atoms with van der Waals surface area (Å²) in [6.07, 6.45) is 1.92. The van der Waals surface area contributed by atoms with Gasteiger partial charge < -0.3 is 19.6 Å². The molecule has 1 amide bonds. The van der Waals surface area contributed by atoms with E-state index in [1.54, 1.807) is 42.8 Å². The highest BCUT2D eigenvalue weighted by Crippen LogP contribution is 2.23.